The van der Waals surface area contributed by atoms with Crippen LogP contribution in [0.2, 0.25) is 0 Å². The molecule has 0 spiro atoms. The number of hydrogen-bond donors (Lipinski definition) is 3. The quantitative estimate of drug-likeness (QED) is 0.721. The fourth-order valence-electron chi connectivity index (χ4n) is 3.97. The number of amides is 1. The van der Waals surface area contributed by atoms with Crippen molar-refractivity contribution in [1.29, 1.82) is 0 Å². The maximum Gasteiger partial charge on any atom is 0.227 e. The van der Waals surface area contributed by atoms with E-state index in [1.54, 1.807) is 0 Å². The first kappa shape index (κ1) is 15.8. The van der Waals surface area contributed by atoms with Crippen molar-refractivity contribution in [2.24, 2.45) is 11.3 Å². The first-order valence-corrected chi connectivity index (χ1v) is 8.21. The number of nitrogens with one attached hydrogen (secondary N) is 2. The average molecular weight is 282 g/mol. The van der Waals surface area contributed by atoms with Crippen LogP contribution in [0.1, 0.15) is 58.8 Å². The highest BCUT2D eigenvalue weighted by atomic mass is 16.3. The van der Waals surface area contributed by atoms with Crippen molar-refractivity contribution in [3.8, 4) is 0 Å². The van der Waals surface area contributed by atoms with E-state index >= 15 is 0 Å². The lowest BCUT2D eigenvalue weighted by Crippen LogP contribution is -2.50. The predicted molar refractivity (Wildman–Crippen MR) is 80.4 cm³/mol. The van der Waals surface area contributed by atoms with Gasteiger partial charge in [0.2, 0.25) is 5.91 Å². The van der Waals surface area contributed by atoms with Crippen molar-refractivity contribution in [2.45, 2.75) is 64.4 Å². The van der Waals surface area contributed by atoms with Crippen LogP contribution in [-0.2, 0) is 4.79 Å². The summed E-state index contributed by atoms with van der Waals surface area (Å²) in [5.41, 5.74) is -0.932. The molecule has 3 unspecified atom stereocenters. The summed E-state index contributed by atoms with van der Waals surface area (Å²) >= 11 is 0. The van der Waals surface area contributed by atoms with Crippen molar-refractivity contribution in [2.75, 3.05) is 19.6 Å². The molecule has 20 heavy (non-hydrogen) atoms. The summed E-state index contributed by atoms with van der Waals surface area (Å²) in [6.07, 6.45) is 6.76. The number of hydrogen-bond acceptors (Lipinski definition) is 3. The average Bonchev–Trinajstić information content (AvgIpc) is 2.86. The van der Waals surface area contributed by atoms with Gasteiger partial charge in [-0.15, -0.1) is 0 Å². The maximum atomic E-state index is 12.6. The Morgan fingerprint density at radius 2 is 2.25 bits per heavy atom. The van der Waals surface area contributed by atoms with E-state index in [0.29, 0.717) is 12.5 Å². The molecule has 1 saturated carbocycles. The first-order chi connectivity index (χ1) is 9.50. The SMILES string of the molecule is CCCC1(C(=O)NCC2(O)CCCC(C)C2)CCNC1. The van der Waals surface area contributed by atoms with Crippen LogP contribution in [0.15, 0.2) is 0 Å². The Labute approximate surface area is 122 Å². The van der Waals surface area contributed by atoms with Crippen molar-refractivity contribution >= 4 is 5.91 Å². The minimum Gasteiger partial charge on any atom is -0.388 e. The molecule has 0 aromatic carbocycles. The Morgan fingerprint density at radius 3 is 2.85 bits per heavy atom. The van der Waals surface area contributed by atoms with E-state index in [1.165, 1.54) is 6.42 Å². The van der Waals surface area contributed by atoms with E-state index < -0.39 is 5.60 Å². The van der Waals surface area contributed by atoms with E-state index in [-0.39, 0.29) is 11.3 Å². The summed E-state index contributed by atoms with van der Waals surface area (Å²) < 4.78 is 0. The molecule has 3 N–H and O–H groups in total. The zero-order valence-corrected chi connectivity index (χ0v) is 13.0. The third-order valence-corrected chi connectivity index (χ3v) is 5.10. The van der Waals surface area contributed by atoms with Gasteiger partial charge < -0.3 is 15.7 Å². The molecule has 1 saturated heterocycles. The number of carbonyl (C=O) groups is 1. The molecule has 0 bridgehead atoms. The molecular weight excluding hydrogens is 252 g/mol. The second-order valence-corrected chi connectivity index (χ2v) is 7.07. The summed E-state index contributed by atoms with van der Waals surface area (Å²) in [5, 5.41) is 17.0. The molecule has 0 radical (unpaired) electrons. The Balaban J connectivity index is 1.90. The van der Waals surface area contributed by atoms with Crippen molar-refractivity contribution in [3.63, 3.8) is 0 Å². The lowest BCUT2D eigenvalue weighted by Gasteiger charge is -2.37. The number of rotatable bonds is 5. The standard InChI is InChI=1S/C16H30N2O2/c1-3-6-15(8-9-17-11-15)14(19)18-12-16(20)7-4-5-13(2)10-16/h13,17,20H,3-12H2,1-2H3,(H,18,19). The predicted octanol–water partition coefficient (Wildman–Crippen LogP) is 1.82. The normalized spacial score (nSPS) is 37.9. The Bertz CT molecular complexity index is 339. The highest BCUT2D eigenvalue weighted by Crippen LogP contribution is 2.34. The molecule has 116 valence electrons. The topological polar surface area (TPSA) is 61.4 Å². The third kappa shape index (κ3) is 3.53. The Kier molecular flexibility index (Phi) is 5.08. The molecule has 1 aliphatic heterocycles. The molecule has 1 aliphatic carbocycles. The monoisotopic (exact) mass is 282 g/mol. The zero-order valence-electron chi connectivity index (χ0n) is 13.0. The first-order valence-electron chi connectivity index (χ1n) is 8.21. The van der Waals surface area contributed by atoms with Crippen molar-refractivity contribution in [1.82, 2.24) is 10.6 Å². The highest BCUT2D eigenvalue weighted by molar-refractivity contribution is 5.83. The van der Waals surface area contributed by atoms with Crippen LogP contribution in [0.25, 0.3) is 0 Å². The van der Waals surface area contributed by atoms with Crippen molar-refractivity contribution in [3.05, 3.63) is 0 Å². The van der Waals surface area contributed by atoms with E-state index in [4.69, 9.17) is 0 Å². The second kappa shape index (κ2) is 6.44. The van der Waals surface area contributed by atoms with Gasteiger partial charge in [0, 0.05) is 13.1 Å². The molecule has 4 nitrogen and oxygen atoms in total. The summed E-state index contributed by atoms with van der Waals surface area (Å²) in [5.74, 6) is 0.694. The minimum absolute atomic E-state index is 0.135. The lowest BCUT2D eigenvalue weighted by atomic mass is 9.78. The molecule has 2 rings (SSSR count). The molecular formula is C16H30N2O2. The van der Waals surface area contributed by atoms with Gasteiger partial charge in [-0.05, 0) is 38.1 Å². The van der Waals surface area contributed by atoms with Crippen LogP contribution in [0, 0.1) is 11.3 Å². The molecule has 2 aliphatic rings. The van der Waals surface area contributed by atoms with Gasteiger partial charge in [-0.1, -0.05) is 33.1 Å². The van der Waals surface area contributed by atoms with Gasteiger partial charge in [0.1, 0.15) is 0 Å². The molecule has 1 amide bonds. The van der Waals surface area contributed by atoms with Crippen LogP contribution >= 0.6 is 0 Å². The van der Waals surface area contributed by atoms with Crippen LogP contribution in [0.4, 0.5) is 0 Å². The van der Waals surface area contributed by atoms with Gasteiger partial charge in [-0.25, -0.2) is 0 Å². The summed E-state index contributed by atoms with van der Waals surface area (Å²) in [4.78, 5) is 12.6. The van der Waals surface area contributed by atoms with E-state index in [0.717, 1.165) is 51.6 Å². The molecule has 4 heteroatoms. The largest absolute Gasteiger partial charge is 0.388 e. The molecule has 0 aromatic heterocycles. The van der Waals surface area contributed by atoms with Gasteiger partial charge in [0.05, 0.1) is 11.0 Å². The Hall–Kier alpha value is -0.610. The molecule has 0 aromatic rings. The zero-order chi connectivity index (χ0) is 14.6. The number of aliphatic hydroxyl groups is 1. The molecule has 2 fully saturated rings. The van der Waals surface area contributed by atoms with Crippen LogP contribution in [0.5, 0.6) is 0 Å². The van der Waals surface area contributed by atoms with Gasteiger partial charge >= 0.3 is 0 Å². The molecule has 1 heterocycles. The van der Waals surface area contributed by atoms with Gasteiger partial charge in [0.25, 0.3) is 0 Å². The Morgan fingerprint density at radius 1 is 1.45 bits per heavy atom. The van der Waals surface area contributed by atoms with Crippen molar-refractivity contribution < 1.29 is 9.90 Å². The van der Waals surface area contributed by atoms with Crippen LogP contribution in [-0.4, -0.2) is 36.2 Å². The summed E-state index contributed by atoms with van der Waals surface area (Å²) in [7, 11) is 0. The number of carbonyl (C=O) groups excluding carboxylic acids is 1. The molecule has 3 atom stereocenters. The van der Waals surface area contributed by atoms with E-state index in [9.17, 15) is 9.90 Å². The summed E-state index contributed by atoms with van der Waals surface area (Å²) in [6.45, 7) is 6.44. The smallest absolute Gasteiger partial charge is 0.227 e. The van der Waals surface area contributed by atoms with Crippen LogP contribution in [0.3, 0.4) is 0 Å². The van der Waals surface area contributed by atoms with Gasteiger partial charge in [-0.3, -0.25) is 4.79 Å². The maximum absolute atomic E-state index is 12.6. The fraction of sp³-hybridized carbons (Fsp3) is 0.938. The van der Waals surface area contributed by atoms with E-state index in [1.807, 2.05) is 0 Å². The van der Waals surface area contributed by atoms with Gasteiger partial charge in [-0.2, -0.15) is 0 Å². The highest BCUT2D eigenvalue weighted by Gasteiger charge is 2.41. The van der Waals surface area contributed by atoms with Crippen LogP contribution < -0.4 is 10.6 Å². The van der Waals surface area contributed by atoms with E-state index in [2.05, 4.69) is 24.5 Å². The fourth-order valence-corrected chi connectivity index (χ4v) is 3.97. The lowest BCUT2D eigenvalue weighted by molar-refractivity contribution is -0.132. The summed E-state index contributed by atoms with van der Waals surface area (Å²) in [6, 6.07) is 0. The minimum atomic E-state index is -0.688. The second-order valence-electron chi connectivity index (χ2n) is 7.07. The third-order valence-electron chi connectivity index (χ3n) is 5.10. The van der Waals surface area contributed by atoms with Gasteiger partial charge in [0.15, 0.2) is 0 Å².